The van der Waals surface area contributed by atoms with Crippen LogP contribution in [0.25, 0.3) is 0 Å². The summed E-state index contributed by atoms with van der Waals surface area (Å²) in [6.45, 7) is 7.34. The summed E-state index contributed by atoms with van der Waals surface area (Å²) in [6.07, 6.45) is 0. The number of carbonyl (C=O) groups is 1. The minimum Gasteiger partial charge on any atom is -0.492 e. The quantitative estimate of drug-likeness (QED) is 0.824. The van der Waals surface area contributed by atoms with Gasteiger partial charge in [0.05, 0.1) is 22.9 Å². The average molecular weight is 362 g/mol. The lowest BCUT2D eigenvalue weighted by molar-refractivity contribution is -0.114. The summed E-state index contributed by atoms with van der Waals surface area (Å²) in [7, 11) is -3.80. The lowest BCUT2D eigenvalue weighted by Crippen LogP contribution is -2.15. The minimum absolute atomic E-state index is 0.0414. The van der Waals surface area contributed by atoms with Crippen molar-refractivity contribution in [1.82, 2.24) is 0 Å². The second-order valence-corrected chi connectivity index (χ2v) is 7.38. The molecule has 2 aromatic carbocycles. The Hall–Kier alpha value is -2.54. The van der Waals surface area contributed by atoms with Crippen LogP contribution >= 0.6 is 0 Å². The number of amides is 1. The number of anilines is 2. The highest BCUT2D eigenvalue weighted by atomic mass is 32.2. The molecule has 0 spiro atoms. The Morgan fingerprint density at radius 1 is 1.08 bits per heavy atom. The second-order valence-electron chi connectivity index (χ2n) is 5.70. The maximum Gasteiger partial charge on any atom is 0.261 e. The molecule has 134 valence electrons. The van der Waals surface area contributed by atoms with Gasteiger partial charge in [-0.25, -0.2) is 8.42 Å². The van der Waals surface area contributed by atoms with E-state index in [0.29, 0.717) is 23.7 Å². The molecular formula is C18H22N2O4S. The molecule has 0 aliphatic rings. The van der Waals surface area contributed by atoms with Crippen LogP contribution in [0.5, 0.6) is 5.75 Å². The average Bonchev–Trinajstić information content (AvgIpc) is 2.51. The summed E-state index contributed by atoms with van der Waals surface area (Å²) < 4.78 is 33.4. The predicted octanol–water partition coefficient (Wildman–Crippen LogP) is 3.46. The van der Waals surface area contributed by atoms with Gasteiger partial charge in [-0.1, -0.05) is 17.7 Å². The van der Waals surface area contributed by atoms with E-state index in [1.807, 2.05) is 32.9 Å². The molecule has 0 radical (unpaired) electrons. The smallest absolute Gasteiger partial charge is 0.261 e. The molecule has 0 aromatic heterocycles. The van der Waals surface area contributed by atoms with Gasteiger partial charge in [-0.3, -0.25) is 9.52 Å². The third-order valence-electron chi connectivity index (χ3n) is 3.50. The van der Waals surface area contributed by atoms with Gasteiger partial charge in [0, 0.05) is 6.92 Å². The van der Waals surface area contributed by atoms with Crippen LogP contribution in [0.3, 0.4) is 0 Å². The number of hydrogen-bond acceptors (Lipinski definition) is 4. The monoisotopic (exact) mass is 362 g/mol. The summed E-state index contributed by atoms with van der Waals surface area (Å²) in [5.74, 6) is 0.112. The first kappa shape index (κ1) is 18.8. The van der Waals surface area contributed by atoms with Gasteiger partial charge >= 0.3 is 0 Å². The van der Waals surface area contributed by atoms with E-state index in [4.69, 9.17) is 4.74 Å². The minimum atomic E-state index is -3.80. The van der Waals surface area contributed by atoms with E-state index in [2.05, 4.69) is 10.0 Å². The molecule has 0 bridgehead atoms. The topological polar surface area (TPSA) is 84.5 Å². The van der Waals surface area contributed by atoms with E-state index in [-0.39, 0.29) is 10.8 Å². The molecular weight excluding hydrogens is 340 g/mol. The number of sulfonamides is 1. The van der Waals surface area contributed by atoms with Crippen molar-refractivity contribution in [1.29, 1.82) is 0 Å². The van der Waals surface area contributed by atoms with Crippen LogP contribution < -0.4 is 14.8 Å². The highest BCUT2D eigenvalue weighted by molar-refractivity contribution is 7.92. The molecule has 2 aromatic rings. The van der Waals surface area contributed by atoms with E-state index in [9.17, 15) is 13.2 Å². The summed E-state index contributed by atoms with van der Waals surface area (Å²) >= 11 is 0. The SMILES string of the molecule is CCOc1ccc(S(=O)(=O)Nc2ccc(C)cc2C)cc1NC(C)=O. The molecule has 0 atom stereocenters. The third-order valence-corrected chi connectivity index (χ3v) is 4.86. The molecule has 7 heteroatoms. The molecule has 1 amide bonds. The van der Waals surface area contributed by atoms with Gasteiger partial charge in [0.25, 0.3) is 10.0 Å². The lowest BCUT2D eigenvalue weighted by atomic mass is 10.1. The summed E-state index contributed by atoms with van der Waals surface area (Å²) in [5, 5.41) is 2.60. The summed E-state index contributed by atoms with van der Waals surface area (Å²) in [6, 6.07) is 9.84. The highest BCUT2D eigenvalue weighted by Gasteiger charge is 2.18. The zero-order chi connectivity index (χ0) is 18.6. The number of nitrogens with one attached hydrogen (secondary N) is 2. The Balaban J connectivity index is 2.39. The zero-order valence-corrected chi connectivity index (χ0v) is 15.5. The van der Waals surface area contributed by atoms with E-state index in [1.54, 1.807) is 6.07 Å². The third kappa shape index (κ3) is 4.73. The maximum absolute atomic E-state index is 12.7. The van der Waals surface area contributed by atoms with Crippen LogP contribution in [0.2, 0.25) is 0 Å². The Morgan fingerprint density at radius 2 is 1.80 bits per heavy atom. The first-order chi connectivity index (χ1) is 11.7. The normalized spacial score (nSPS) is 11.0. The highest BCUT2D eigenvalue weighted by Crippen LogP contribution is 2.29. The molecule has 0 unspecified atom stereocenters. The summed E-state index contributed by atoms with van der Waals surface area (Å²) in [5.41, 5.74) is 2.71. The van der Waals surface area contributed by atoms with Crippen molar-refractivity contribution in [3.05, 3.63) is 47.5 Å². The Bertz CT molecular complexity index is 892. The summed E-state index contributed by atoms with van der Waals surface area (Å²) in [4.78, 5) is 11.4. The Labute approximate surface area is 148 Å². The number of aryl methyl sites for hydroxylation is 2. The standard InChI is InChI=1S/C18H22N2O4S/c1-5-24-18-9-7-15(11-17(18)19-14(4)21)25(22,23)20-16-8-6-12(2)10-13(16)3/h6-11,20H,5H2,1-4H3,(H,19,21). The van der Waals surface area contributed by atoms with E-state index in [1.165, 1.54) is 25.1 Å². The first-order valence-corrected chi connectivity index (χ1v) is 9.35. The molecule has 0 aliphatic heterocycles. The molecule has 2 N–H and O–H groups in total. The number of rotatable bonds is 6. The van der Waals surface area contributed by atoms with Crippen LogP contribution in [0, 0.1) is 13.8 Å². The van der Waals surface area contributed by atoms with E-state index < -0.39 is 10.0 Å². The lowest BCUT2D eigenvalue weighted by Gasteiger charge is -2.14. The molecule has 0 fully saturated rings. The molecule has 0 heterocycles. The maximum atomic E-state index is 12.7. The van der Waals surface area contributed by atoms with Crippen LogP contribution in [0.15, 0.2) is 41.3 Å². The number of hydrogen-bond donors (Lipinski definition) is 2. The van der Waals surface area contributed by atoms with Gasteiger partial charge < -0.3 is 10.1 Å². The number of benzene rings is 2. The number of carbonyl (C=O) groups excluding carboxylic acids is 1. The zero-order valence-electron chi connectivity index (χ0n) is 14.7. The van der Waals surface area contributed by atoms with Crippen molar-refractivity contribution in [2.45, 2.75) is 32.6 Å². The molecule has 0 saturated heterocycles. The van der Waals surface area contributed by atoms with Crippen LogP contribution in [0.1, 0.15) is 25.0 Å². The van der Waals surface area contributed by atoms with Gasteiger partial charge in [-0.2, -0.15) is 0 Å². The van der Waals surface area contributed by atoms with Gasteiger partial charge in [-0.05, 0) is 50.6 Å². The number of ether oxygens (including phenoxy) is 1. The van der Waals surface area contributed by atoms with Crippen LogP contribution in [-0.2, 0) is 14.8 Å². The van der Waals surface area contributed by atoms with Gasteiger partial charge in [-0.15, -0.1) is 0 Å². The van der Waals surface area contributed by atoms with Crippen LogP contribution in [0.4, 0.5) is 11.4 Å². The molecule has 2 rings (SSSR count). The molecule has 0 aliphatic carbocycles. The van der Waals surface area contributed by atoms with Gasteiger partial charge in [0.2, 0.25) is 5.91 Å². The first-order valence-electron chi connectivity index (χ1n) is 7.87. The largest absolute Gasteiger partial charge is 0.492 e. The van der Waals surface area contributed by atoms with Crippen molar-refractivity contribution in [2.24, 2.45) is 0 Å². The van der Waals surface area contributed by atoms with Crippen molar-refractivity contribution < 1.29 is 17.9 Å². The van der Waals surface area contributed by atoms with Gasteiger partial charge in [0.1, 0.15) is 5.75 Å². The Morgan fingerprint density at radius 3 is 2.40 bits per heavy atom. The second kappa shape index (κ2) is 7.57. The van der Waals surface area contributed by atoms with Crippen molar-refractivity contribution in [3.63, 3.8) is 0 Å². The molecule has 0 saturated carbocycles. The van der Waals surface area contributed by atoms with Crippen LogP contribution in [-0.4, -0.2) is 20.9 Å². The fourth-order valence-corrected chi connectivity index (χ4v) is 3.53. The fourth-order valence-electron chi connectivity index (χ4n) is 2.38. The van der Waals surface area contributed by atoms with Gasteiger partial charge in [0.15, 0.2) is 0 Å². The predicted molar refractivity (Wildman–Crippen MR) is 98.6 cm³/mol. The van der Waals surface area contributed by atoms with Crippen molar-refractivity contribution in [3.8, 4) is 5.75 Å². The van der Waals surface area contributed by atoms with Crippen molar-refractivity contribution >= 4 is 27.3 Å². The Kier molecular flexibility index (Phi) is 5.69. The van der Waals surface area contributed by atoms with Crippen molar-refractivity contribution in [2.75, 3.05) is 16.6 Å². The van der Waals surface area contributed by atoms with E-state index >= 15 is 0 Å². The molecule has 25 heavy (non-hydrogen) atoms. The molecule has 6 nitrogen and oxygen atoms in total. The van der Waals surface area contributed by atoms with E-state index in [0.717, 1.165) is 11.1 Å². The fraction of sp³-hybridized carbons (Fsp3) is 0.278.